The number of nitrogens with zero attached hydrogens (tertiary/aromatic N) is 1. The standard InChI is InChI=1S/C14H25N3O2S2/c1-15-10-12-6-7-13(20-12)21(18,19)16-11-14(17(2)3)8-4-5-9-14/h6-7,15-16H,4-5,8-11H2,1-3H3. The van der Waals surface area contributed by atoms with Crippen LogP contribution in [0.1, 0.15) is 30.6 Å². The summed E-state index contributed by atoms with van der Waals surface area (Å²) in [7, 11) is 2.53. The third-order valence-corrected chi connectivity index (χ3v) is 7.31. The molecule has 1 aromatic rings. The van der Waals surface area contributed by atoms with E-state index in [1.165, 1.54) is 24.2 Å². The van der Waals surface area contributed by atoms with Crippen molar-refractivity contribution in [1.29, 1.82) is 0 Å². The monoisotopic (exact) mass is 331 g/mol. The predicted octanol–water partition coefficient (Wildman–Crippen LogP) is 1.62. The van der Waals surface area contributed by atoms with E-state index in [0.29, 0.717) is 17.3 Å². The quantitative estimate of drug-likeness (QED) is 0.797. The summed E-state index contributed by atoms with van der Waals surface area (Å²) in [5, 5.41) is 3.04. The molecule has 0 spiro atoms. The highest BCUT2D eigenvalue weighted by molar-refractivity contribution is 7.91. The maximum Gasteiger partial charge on any atom is 0.250 e. The number of thiophene rings is 1. The van der Waals surface area contributed by atoms with Crippen molar-refractivity contribution in [3.63, 3.8) is 0 Å². The predicted molar refractivity (Wildman–Crippen MR) is 87.2 cm³/mol. The fourth-order valence-corrected chi connectivity index (χ4v) is 5.42. The van der Waals surface area contributed by atoms with Gasteiger partial charge < -0.3 is 10.2 Å². The van der Waals surface area contributed by atoms with Gasteiger partial charge in [-0.2, -0.15) is 0 Å². The van der Waals surface area contributed by atoms with Crippen molar-refractivity contribution in [1.82, 2.24) is 14.9 Å². The minimum absolute atomic E-state index is 0.0296. The molecule has 0 bridgehead atoms. The topological polar surface area (TPSA) is 61.4 Å². The molecule has 0 aliphatic heterocycles. The van der Waals surface area contributed by atoms with Gasteiger partial charge in [-0.25, -0.2) is 13.1 Å². The lowest BCUT2D eigenvalue weighted by Crippen LogP contribution is -2.50. The second-order valence-electron chi connectivity index (χ2n) is 5.90. The molecule has 0 atom stereocenters. The molecular weight excluding hydrogens is 306 g/mol. The Morgan fingerprint density at radius 2 is 1.95 bits per heavy atom. The van der Waals surface area contributed by atoms with Crippen LogP contribution < -0.4 is 10.0 Å². The van der Waals surface area contributed by atoms with Crippen LogP contribution in [0.2, 0.25) is 0 Å². The molecule has 7 heteroatoms. The lowest BCUT2D eigenvalue weighted by atomic mass is 9.97. The molecule has 0 aromatic carbocycles. The van der Waals surface area contributed by atoms with Crippen molar-refractivity contribution < 1.29 is 8.42 Å². The van der Waals surface area contributed by atoms with Crippen molar-refractivity contribution in [3.8, 4) is 0 Å². The Kier molecular flexibility index (Phi) is 5.43. The zero-order chi connectivity index (χ0) is 15.5. The van der Waals surface area contributed by atoms with Crippen molar-refractivity contribution in [2.24, 2.45) is 0 Å². The molecule has 0 saturated heterocycles. The summed E-state index contributed by atoms with van der Waals surface area (Å²) in [6, 6.07) is 3.56. The van der Waals surface area contributed by atoms with Crippen molar-refractivity contribution in [2.75, 3.05) is 27.7 Å². The van der Waals surface area contributed by atoms with E-state index in [9.17, 15) is 8.42 Å². The lowest BCUT2D eigenvalue weighted by molar-refractivity contribution is 0.162. The van der Waals surface area contributed by atoms with Crippen molar-refractivity contribution in [2.45, 2.75) is 42.0 Å². The molecular formula is C14H25N3O2S2. The fraction of sp³-hybridized carbons (Fsp3) is 0.714. The summed E-state index contributed by atoms with van der Waals surface area (Å²) in [6.07, 6.45) is 4.45. The Morgan fingerprint density at radius 1 is 1.29 bits per heavy atom. The first-order chi connectivity index (χ1) is 9.89. The van der Waals surface area contributed by atoms with Crippen molar-refractivity contribution >= 4 is 21.4 Å². The van der Waals surface area contributed by atoms with E-state index in [1.807, 2.05) is 27.2 Å². The third-order valence-electron chi connectivity index (χ3n) is 4.33. The van der Waals surface area contributed by atoms with E-state index >= 15 is 0 Å². The van der Waals surface area contributed by atoms with Gasteiger partial charge in [-0.05, 0) is 46.1 Å². The first-order valence-corrected chi connectivity index (χ1v) is 9.60. The average molecular weight is 332 g/mol. The Labute approximate surface area is 131 Å². The largest absolute Gasteiger partial charge is 0.315 e. The zero-order valence-electron chi connectivity index (χ0n) is 13.0. The van der Waals surface area contributed by atoms with Gasteiger partial charge >= 0.3 is 0 Å². The van der Waals surface area contributed by atoms with Crippen LogP contribution in [0.3, 0.4) is 0 Å². The normalized spacial score (nSPS) is 18.5. The number of likely N-dealkylation sites (N-methyl/N-ethyl adjacent to an activating group) is 1. The second-order valence-corrected chi connectivity index (χ2v) is 9.06. The highest BCUT2D eigenvalue weighted by Gasteiger charge is 2.37. The van der Waals surface area contributed by atoms with Gasteiger partial charge in [-0.15, -0.1) is 11.3 Å². The molecule has 0 unspecified atom stereocenters. The van der Waals surface area contributed by atoms with Crippen molar-refractivity contribution in [3.05, 3.63) is 17.0 Å². The Hall–Kier alpha value is -0.470. The van der Waals surface area contributed by atoms with E-state index in [4.69, 9.17) is 0 Å². The summed E-state index contributed by atoms with van der Waals surface area (Å²) < 4.78 is 28.1. The number of sulfonamides is 1. The molecule has 1 heterocycles. The molecule has 1 aromatic heterocycles. The van der Waals surface area contributed by atoms with Gasteiger partial charge in [0.2, 0.25) is 10.0 Å². The van der Waals surface area contributed by atoms with Gasteiger partial charge in [-0.3, -0.25) is 0 Å². The van der Waals surface area contributed by atoms with Gasteiger partial charge in [-0.1, -0.05) is 12.8 Å². The van der Waals surface area contributed by atoms with E-state index in [2.05, 4.69) is 14.9 Å². The first-order valence-electron chi connectivity index (χ1n) is 7.30. The minimum Gasteiger partial charge on any atom is -0.315 e. The highest BCUT2D eigenvalue weighted by atomic mass is 32.2. The Bertz CT molecular complexity index is 561. The summed E-state index contributed by atoms with van der Waals surface area (Å²) in [6.45, 7) is 1.18. The second kappa shape index (κ2) is 6.75. The van der Waals surface area contributed by atoms with Crippen LogP contribution in [0.4, 0.5) is 0 Å². The summed E-state index contributed by atoms with van der Waals surface area (Å²) >= 11 is 1.33. The molecule has 2 rings (SSSR count). The number of hydrogen-bond acceptors (Lipinski definition) is 5. The first kappa shape index (κ1) is 16.9. The smallest absolute Gasteiger partial charge is 0.250 e. The fourth-order valence-electron chi connectivity index (χ4n) is 2.89. The molecule has 1 saturated carbocycles. The third kappa shape index (κ3) is 3.84. The zero-order valence-corrected chi connectivity index (χ0v) is 14.6. The van der Waals surface area contributed by atoms with Crippen LogP contribution in [0.25, 0.3) is 0 Å². The maximum atomic E-state index is 12.4. The summed E-state index contributed by atoms with van der Waals surface area (Å²) in [5.41, 5.74) is -0.0296. The Balaban J connectivity index is 2.06. The van der Waals surface area contributed by atoms with Crippen LogP contribution in [0, 0.1) is 0 Å². The van der Waals surface area contributed by atoms with E-state index in [1.54, 1.807) is 6.07 Å². The average Bonchev–Trinajstić information content (AvgIpc) is 3.07. The molecule has 0 amide bonds. The maximum absolute atomic E-state index is 12.4. The number of rotatable bonds is 7. The van der Waals surface area contributed by atoms with Gasteiger partial charge in [0.05, 0.1) is 0 Å². The molecule has 1 aliphatic rings. The SMILES string of the molecule is CNCc1ccc(S(=O)(=O)NCC2(N(C)C)CCCC2)s1. The minimum atomic E-state index is -3.40. The van der Waals surface area contributed by atoms with E-state index in [0.717, 1.165) is 17.7 Å². The van der Waals surface area contributed by atoms with E-state index in [-0.39, 0.29) is 5.54 Å². The lowest BCUT2D eigenvalue weighted by Gasteiger charge is -2.36. The molecule has 1 aliphatic carbocycles. The molecule has 0 radical (unpaired) electrons. The molecule has 2 N–H and O–H groups in total. The number of nitrogens with one attached hydrogen (secondary N) is 2. The van der Waals surface area contributed by atoms with Crippen LogP contribution >= 0.6 is 11.3 Å². The van der Waals surface area contributed by atoms with Gasteiger partial charge in [0, 0.05) is 23.5 Å². The highest BCUT2D eigenvalue weighted by Crippen LogP contribution is 2.33. The Morgan fingerprint density at radius 3 is 2.52 bits per heavy atom. The molecule has 120 valence electrons. The van der Waals surface area contributed by atoms with Crippen LogP contribution in [0.15, 0.2) is 16.3 Å². The van der Waals surface area contributed by atoms with E-state index < -0.39 is 10.0 Å². The molecule has 1 fully saturated rings. The van der Waals surface area contributed by atoms with Gasteiger partial charge in [0.1, 0.15) is 4.21 Å². The number of hydrogen-bond donors (Lipinski definition) is 2. The van der Waals surface area contributed by atoms with Gasteiger partial charge in [0.15, 0.2) is 0 Å². The van der Waals surface area contributed by atoms with Crippen LogP contribution in [-0.2, 0) is 16.6 Å². The van der Waals surface area contributed by atoms with Crippen LogP contribution in [-0.4, -0.2) is 46.5 Å². The summed E-state index contributed by atoms with van der Waals surface area (Å²) in [5.74, 6) is 0. The van der Waals surface area contributed by atoms with Crippen LogP contribution in [0.5, 0.6) is 0 Å². The summed E-state index contributed by atoms with van der Waals surface area (Å²) in [4.78, 5) is 3.20. The molecule has 5 nitrogen and oxygen atoms in total. The van der Waals surface area contributed by atoms with Gasteiger partial charge in [0.25, 0.3) is 0 Å². The molecule has 21 heavy (non-hydrogen) atoms.